The highest BCUT2D eigenvalue weighted by Crippen LogP contribution is 2.43. The van der Waals surface area contributed by atoms with Crippen LogP contribution in [0, 0.1) is 6.92 Å². The normalized spacial score (nSPS) is 15.5. The Hall–Kier alpha value is -3.37. The summed E-state index contributed by atoms with van der Waals surface area (Å²) in [5.41, 5.74) is 1.95. The van der Waals surface area contributed by atoms with E-state index in [9.17, 15) is 9.59 Å². The van der Waals surface area contributed by atoms with Crippen LogP contribution in [-0.2, 0) is 9.59 Å². The Balaban J connectivity index is 0.000000312. The van der Waals surface area contributed by atoms with E-state index in [0.717, 1.165) is 59.8 Å². The van der Waals surface area contributed by atoms with Crippen LogP contribution >= 0.6 is 11.3 Å². The average Bonchev–Trinajstić information content (AvgIpc) is 3.05. The van der Waals surface area contributed by atoms with Gasteiger partial charge in [-0.2, -0.15) is 0 Å². The van der Waals surface area contributed by atoms with Crippen molar-refractivity contribution in [3.05, 3.63) is 46.9 Å². The number of piperazine rings is 1. The van der Waals surface area contributed by atoms with Crippen molar-refractivity contribution in [2.24, 2.45) is 4.99 Å². The molecule has 0 radical (unpaired) electrons. The molecule has 0 bridgehead atoms. The SMILES string of the molecule is COc1ccc2c(c1)Oc1sc(C)cc1C(N1CCN(C)CC1)=N2.O=C(O)C=CC(=O)O. The van der Waals surface area contributed by atoms with Gasteiger partial charge in [-0.15, -0.1) is 11.3 Å². The van der Waals surface area contributed by atoms with E-state index in [-0.39, 0.29) is 0 Å². The number of amidine groups is 1. The molecule has 1 fully saturated rings. The predicted octanol–water partition coefficient (Wildman–Crippen LogP) is 3.21. The fourth-order valence-corrected chi connectivity index (χ4v) is 4.06. The molecular weight excluding hydrogens is 434 g/mol. The number of aryl methyl sites for hydroxylation is 1. The highest BCUT2D eigenvalue weighted by Gasteiger charge is 2.26. The van der Waals surface area contributed by atoms with Crippen molar-refractivity contribution >= 4 is 34.8 Å². The summed E-state index contributed by atoms with van der Waals surface area (Å²) >= 11 is 1.67. The van der Waals surface area contributed by atoms with Crippen molar-refractivity contribution in [3.63, 3.8) is 0 Å². The summed E-state index contributed by atoms with van der Waals surface area (Å²) < 4.78 is 11.5. The number of fused-ring (bicyclic) bond motifs is 2. The van der Waals surface area contributed by atoms with E-state index in [1.807, 2.05) is 18.2 Å². The van der Waals surface area contributed by atoms with Gasteiger partial charge in [-0.05, 0) is 32.2 Å². The van der Waals surface area contributed by atoms with E-state index >= 15 is 0 Å². The van der Waals surface area contributed by atoms with E-state index in [2.05, 4.69) is 29.8 Å². The molecular formula is C22H25N3O6S. The third-order valence-corrected chi connectivity index (χ3v) is 5.76. The Morgan fingerprint density at radius 3 is 2.38 bits per heavy atom. The molecule has 2 N–H and O–H groups in total. The van der Waals surface area contributed by atoms with Crippen LogP contribution in [0.3, 0.4) is 0 Å². The summed E-state index contributed by atoms with van der Waals surface area (Å²) in [4.78, 5) is 30.0. The fourth-order valence-electron chi connectivity index (χ4n) is 3.20. The lowest BCUT2D eigenvalue weighted by Crippen LogP contribution is -2.47. The molecule has 0 spiro atoms. The number of aliphatic imine (C=N–C) groups is 1. The maximum absolute atomic E-state index is 9.55. The summed E-state index contributed by atoms with van der Waals surface area (Å²) in [6, 6.07) is 7.98. The van der Waals surface area contributed by atoms with E-state index in [1.54, 1.807) is 18.4 Å². The first kappa shape index (κ1) is 23.3. The van der Waals surface area contributed by atoms with Crippen LogP contribution in [0.25, 0.3) is 0 Å². The molecule has 10 heteroatoms. The zero-order valence-electron chi connectivity index (χ0n) is 18.1. The van der Waals surface area contributed by atoms with E-state index in [1.165, 1.54) is 4.88 Å². The second-order valence-corrected chi connectivity index (χ2v) is 8.45. The number of benzene rings is 1. The molecule has 1 aromatic heterocycles. The molecule has 4 rings (SSSR count). The molecule has 2 aliphatic rings. The quantitative estimate of drug-likeness (QED) is 0.673. The highest BCUT2D eigenvalue weighted by atomic mass is 32.1. The van der Waals surface area contributed by atoms with E-state index in [4.69, 9.17) is 24.7 Å². The number of methoxy groups -OCH3 is 1. The first-order valence-electron chi connectivity index (χ1n) is 9.89. The number of ether oxygens (including phenoxy) is 2. The summed E-state index contributed by atoms with van der Waals surface area (Å²) in [6.45, 7) is 6.17. The van der Waals surface area contributed by atoms with Gasteiger partial charge in [0.25, 0.3) is 0 Å². The zero-order chi connectivity index (χ0) is 23.3. The Kier molecular flexibility index (Phi) is 7.49. The summed E-state index contributed by atoms with van der Waals surface area (Å²) in [7, 11) is 3.83. The van der Waals surface area contributed by atoms with Crippen molar-refractivity contribution in [3.8, 4) is 16.6 Å². The van der Waals surface area contributed by atoms with Crippen LogP contribution in [-0.4, -0.2) is 78.1 Å². The lowest BCUT2D eigenvalue weighted by molar-refractivity contribution is -0.134. The number of thiophene rings is 1. The molecule has 0 saturated carbocycles. The zero-order valence-corrected chi connectivity index (χ0v) is 18.9. The Morgan fingerprint density at radius 1 is 1.12 bits per heavy atom. The average molecular weight is 460 g/mol. The van der Waals surface area contributed by atoms with Crippen molar-refractivity contribution in [2.45, 2.75) is 6.92 Å². The lowest BCUT2D eigenvalue weighted by Gasteiger charge is -2.34. The van der Waals surface area contributed by atoms with E-state index in [0.29, 0.717) is 12.2 Å². The first-order valence-corrected chi connectivity index (χ1v) is 10.7. The molecule has 3 heterocycles. The molecule has 9 nitrogen and oxygen atoms in total. The maximum atomic E-state index is 9.55. The summed E-state index contributed by atoms with van der Waals surface area (Å²) in [5, 5.41) is 16.5. The molecule has 2 aliphatic heterocycles. The molecule has 0 aliphatic carbocycles. The minimum Gasteiger partial charge on any atom is -0.497 e. The number of likely N-dealkylation sites (N-methyl/N-ethyl adjacent to an activating group) is 1. The molecule has 32 heavy (non-hydrogen) atoms. The molecule has 0 unspecified atom stereocenters. The number of hydrogen-bond acceptors (Lipinski definition) is 8. The third-order valence-electron chi connectivity index (χ3n) is 4.83. The van der Waals surface area contributed by atoms with Crippen molar-refractivity contribution in [1.29, 1.82) is 0 Å². The van der Waals surface area contributed by atoms with Crippen LogP contribution in [0.15, 0.2) is 41.4 Å². The number of hydrogen-bond donors (Lipinski definition) is 2. The lowest BCUT2D eigenvalue weighted by atomic mass is 10.2. The Bertz CT molecular complexity index is 1040. The topological polar surface area (TPSA) is 112 Å². The number of aliphatic carboxylic acids is 2. The van der Waals surface area contributed by atoms with Gasteiger partial charge in [0.2, 0.25) is 0 Å². The number of rotatable bonds is 3. The van der Waals surface area contributed by atoms with Gasteiger partial charge >= 0.3 is 11.9 Å². The van der Waals surface area contributed by atoms with Gasteiger partial charge in [0.1, 0.15) is 17.3 Å². The van der Waals surface area contributed by atoms with Crippen LogP contribution in [0.4, 0.5) is 5.69 Å². The monoisotopic (exact) mass is 459 g/mol. The number of nitrogens with zero attached hydrogens (tertiary/aromatic N) is 3. The van der Waals surface area contributed by atoms with Gasteiger partial charge in [0.15, 0.2) is 10.8 Å². The highest BCUT2D eigenvalue weighted by molar-refractivity contribution is 7.14. The molecule has 1 aromatic carbocycles. The molecule has 2 aromatic rings. The van der Waals surface area contributed by atoms with Gasteiger partial charge in [-0.3, -0.25) is 0 Å². The second-order valence-electron chi connectivity index (χ2n) is 7.23. The minimum absolute atomic E-state index is 0.558. The number of carbonyl (C=O) groups is 2. The molecule has 0 atom stereocenters. The number of carboxylic acid groups (broad SMARTS) is 2. The molecule has 170 valence electrons. The third kappa shape index (κ3) is 5.86. The van der Waals surface area contributed by atoms with Gasteiger partial charge < -0.3 is 29.5 Å². The minimum atomic E-state index is -1.26. The van der Waals surface area contributed by atoms with E-state index < -0.39 is 11.9 Å². The van der Waals surface area contributed by atoms with Crippen LogP contribution < -0.4 is 9.47 Å². The maximum Gasteiger partial charge on any atom is 0.328 e. The fraction of sp³-hybridized carbons (Fsp3) is 0.318. The Morgan fingerprint density at radius 2 is 1.78 bits per heavy atom. The van der Waals surface area contributed by atoms with Crippen molar-refractivity contribution in [2.75, 3.05) is 40.3 Å². The predicted molar refractivity (Wildman–Crippen MR) is 122 cm³/mol. The Labute approximate surface area is 189 Å². The smallest absolute Gasteiger partial charge is 0.328 e. The van der Waals surface area contributed by atoms with Crippen LogP contribution in [0.2, 0.25) is 0 Å². The van der Waals surface area contributed by atoms with Gasteiger partial charge in [0, 0.05) is 49.3 Å². The van der Waals surface area contributed by atoms with Crippen LogP contribution in [0.5, 0.6) is 16.6 Å². The van der Waals surface area contributed by atoms with Gasteiger partial charge in [-0.1, -0.05) is 0 Å². The van der Waals surface area contributed by atoms with Gasteiger partial charge in [0.05, 0.1) is 12.7 Å². The summed E-state index contributed by atoms with van der Waals surface area (Å²) in [6.07, 6.45) is 1.12. The second kappa shape index (κ2) is 10.3. The molecule has 0 amide bonds. The summed E-state index contributed by atoms with van der Waals surface area (Å²) in [5.74, 6) is 0.0366. The number of carboxylic acids is 2. The van der Waals surface area contributed by atoms with Gasteiger partial charge in [-0.25, -0.2) is 14.6 Å². The standard InChI is InChI=1S/C18H21N3O2S.C4H4O4/c1-12-10-14-17(21-8-6-20(2)7-9-21)19-15-5-4-13(22-3)11-16(15)23-18(14)24-12;5-3(6)1-2-4(7)8/h4-5,10-11H,6-9H2,1-3H3;1-2H,(H,5,6)(H,7,8). The first-order chi connectivity index (χ1) is 15.3. The largest absolute Gasteiger partial charge is 0.497 e. The van der Waals surface area contributed by atoms with Crippen LogP contribution in [0.1, 0.15) is 10.4 Å². The molecule has 1 saturated heterocycles. The van der Waals surface area contributed by atoms with Crippen molar-refractivity contribution in [1.82, 2.24) is 9.80 Å². The van der Waals surface area contributed by atoms with Crippen molar-refractivity contribution < 1.29 is 29.3 Å².